The zero-order valence-corrected chi connectivity index (χ0v) is 12.8. The highest BCUT2D eigenvalue weighted by atomic mass is 35.5. The van der Waals surface area contributed by atoms with Crippen LogP contribution in [0.3, 0.4) is 0 Å². The summed E-state index contributed by atoms with van der Waals surface area (Å²) in [5.41, 5.74) is 1.25. The van der Waals surface area contributed by atoms with E-state index in [9.17, 15) is 0 Å². The average molecular weight is 281 g/mol. The van der Waals surface area contributed by atoms with Gasteiger partial charge in [-0.2, -0.15) is 0 Å². The van der Waals surface area contributed by atoms with Crippen molar-refractivity contribution in [3.8, 4) is 0 Å². The molecule has 1 unspecified atom stereocenters. The zero-order chi connectivity index (χ0) is 13.7. The van der Waals surface area contributed by atoms with Crippen LogP contribution in [0.25, 0.3) is 0 Å². The smallest absolute Gasteiger partial charge is 0.0451 e. The Kier molecular flexibility index (Phi) is 5.68. The molecule has 2 rings (SSSR count). The van der Waals surface area contributed by atoms with E-state index in [0.717, 1.165) is 36.5 Å². The third-order valence-electron chi connectivity index (χ3n) is 3.71. The van der Waals surface area contributed by atoms with Crippen molar-refractivity contribution in [1.82, 2.24) is 10.2 Å². The van der Waals surface area contributed by atoms with Gasteiger partial charge in [0.05, 0.1) is 0 Å². The lowest BCUT2D eigenvalue weighted by Gasteiger charge is -2.17. The highest BCUT2D eigenvalue weighted by Crippen LogP contribution is 2.22. The topological polar surface area (TPSA) is 15.3 Å². The van der Waals surface area contributed by atoms with Crippen LogP contribution in [0.15, 0.2) is 24.3 Å². The van der Waals surface area contributed by atoms with E-state index in [1.54, 1.807) is 0 Å². The molecule has 106 valence electrons. The van der Waals surface area contributed by atoms with E-state index in [-0.39, 0.29) is 0 Å². The summed E-state index contributed by atoms with van der Waals surface area (Å²) in [6, 6.07) is 8.18. The number of benzene rings is 1. The molecule has 1 aliphatic heterocycles. The van der Waals surface area contributed by atoms with E-state index in [0.29, 0.717) is 0 Å². The molecule has 2 nitrogen and oxygen atoms in total. The standard InChI is InChI=1S/C16H25ClN2/c1-13(2)9-18-10-14-7-8-19(11-14)12-15-5-3-4-6-16(15)17/h3-6,13-14,18H,7-12H2,1-2H3. The third-order valence-corrected chi connectivity index (χ3v) is 4.08. The summed E-state index contributed by atoms with van der Waals surface area (Å²) < 4.78 is 0. The lowest BCUT2D eigenvalue weighted by Crippen LogP contribution is -2.28. The maximum atomic E-state index is 6.22. The molecule has 0 spiro atoms. The summed E-state index contributed by atoms with van der Waals surface area (Å²) in [6.07, 6.45) is 1.30. The fraction of sp³-hybridized carbons (Fsp3) is 0.625. The van der Waals surface area contributed by atoms with Crippen molar-refractivity contribution >= 4 is 11.6 Å². The Bertz CT molecular complexity index is 392. The predicted molar refractivity (Wildman–Crippen MR) is 82.5 cm³/mol. The molecule has 0 radical (unpaired) electrons. The van der Waals surface area contributed by atoms with E-state index in [1.165, 1.54) is 25.1 Å². The van der Waals surface area contributed by atoms with Gasteiger partial charge in [0.1, 0.15) is 0 Å². The summed E-state index contributed by atoms with van der Waals surface area (Å²) >= 11 is 6.22. The average Bonchev–Trinajstić information content (AvgIpc) is 2.79. The van der Waals surface area contributed by atoms with Gasteiger partial charge >= 0.3 is 0 Å². The number of likely N-dealkylation sites (tertiary alicyclic amines) is 1. The first-order valence-corrected chi connectivity index (χ1v) is 7.69. The normalized spacial score (nSPS) is 20.3. The van der Waals surface area contributed by atoms with Gasteiger partial charge in [0.15, 0.2) is 0 Å². The number of halogens is 1. The molecule has 1 heterocycles. The number of nitrogens with zero attached hydrogens (tertiary/aromatic N) is 1. The third kappa shape index (κ3) is 4.79. The Morgan fingerprint density at radius 1 is 1.37 bits per heavy atom. The lowest BCUT2D eigenvalue weighted by molar-refractivity contribution is 0.313. The Morgan fingerprint density at radius 3 is 2.89 bits per heavy atom. The Labute approximate surface area is 122 Å². The Balaban J connectivity index is 1.75. The van der Waals surface area contributed by atoms with Gasteiger partial charge < -0.3 is 5.32 Å². The first-order valence-electron chi connectivity index (χ1n) is 7.31. The number of hydrogen-bond donors (Lipinski definition) is 1. The number of nitrogens with one attached hydrogen (secondary N) is 1. The second kappa shape index (κ2) is 7.28. The molecule has 1 N–H and O–H groups in total. The van der Waals surface area contributed by atoms with Crippen LogP contribution in [0.2, 0.25) is 5.02 Å². The van der Waals surface area contributed by atoms with Crippen LogP contribution in [0.5, 0.6) is 0 Å². The monoisotopic (exact) mass is 280 g/mol. The van der Waals surface area contributed by atoms with Crippen LogP contribution in [0.4, 0.5) is 0 Å². The fourth-order valence-corrected chi connectivity index (χ4v) is 2.86. The van der Waals surface area contributed by atoms with Crippen LogP contribution in [0.1, 0.15) is 25.8 Å². The van der Waals surface area contributed by atoms with Gasteiger partial charge in [0.2, 0.25) is 0 Å². The van der Waals surface area contributed by atoms with Gasteiger partial charge in [-0.1, -0.05) is 43.6 Å². The summed E-state index contributed by atoms with van der Waals surface area (Å²) in [6.45, 7) is 10.2. The maximum absolute atomic E-state index is 6.22. The van der Waals surface area contributed by atoms with Gasteiger partial charge in [0.25, 0.3) is 0 Å². The molecule has 3 heteroatoms. The second-order valence-electron chi connectivity index (χ2n) is 6.03. The van der Waals surface area contributed by atoms with Crippen molar-refractivity contribution < 1.29 is 0 Å². The van der Waals surface area contributed by atoms with Crippen LogP contribution in [0, 0.1) is 11.8 Å². The molecule has 1 aliphatic rings. The fourth-order valence-electron chi connectivity index (χ4n) is 2.67. The highest BCUT2D eigenvalue weighted by molar-refractivity contribution is 6.31. The largest absolute Gasteiger partial charge is 0.316 e. The molecule has 0 saturated carbocycles. The highest BCUT2D eigenvalue weighted by Gasteiger charge is 2.22. The van der Waals surface area contributed by atoms with Crippen LogP contribution in [-0.2, 0) is 6.54 Å². The number of rotatable bonds is 6. The first kappa shape index (κ1) is 14.8. The van der Waals surface area contributed by atoms with Gasteiger partial charge in [0, 0.05) is 18.1 Å². The van der Waals surface area contributed by atoms with Crippen molar-refractivity contribution in [2.75, 3.05) is 26.2 Å². The van der Waals surface area contributed by atoms with Gasteiger partial charge in [-0.25, -0.2) is 0 Å². The van der Waals surface area contributed by atoms with Crippen LogP contribution in [-0.4, -0.2) is 31.1 Å². The van der Waals surface area contributed by atoms with E-state index >= 15 is 0 Å². The van der Waals surface area contributed by atoms with Crippen molar-refractivity contribution in [2.45, 2.75) is 26.8 Å². The van der Waals surface area contributed by atoms with Crippen molar-refractivity contribution in [2.24, 2.45) is 11.8 Å². The molecular formula is C16H25ClN2. The van der Waals surface area contributed by atoms with Crippen molar-refractivity contribution in [1.29, 1.82) is 0 Å². The quantitative estimate of drug-likeness (QED) is 0.859. The van der Waals surface area contributed by atoms with Crippen LogP contribution >= 0.6 is 11.6 Å². The summed E-state index contributed by atoms with van der Waals surface area (Å²) in [7, 11) is 0. The predicted octanol–water partition coefficient (Wildman–Crippen LogP) is 3.41. The maximum Gasteiger partial charge on any atom is 0.0451 e. The minimum Gasteiger partial charge on any atom is -0.316 e. The molecule has 1 aromatic carbocycles. The first-order chi connectivity index (χ1) is 9.15. The minimum absolute atomic E-state index is 0.737. The Morgan fingerprint density at radius 2 is 2.16 bits per heavy atom. The van der Waals surface area contributed by atoms with Gasteiger partial charge in [-0.15, -0.1) is 0 Å². The van der Waals surface area contributed by atoms with Crippen LogP contribution < -0.4 is 5.32 Å². The molecule has 1 aromatic rings. The molecule has 19 heavy (non-hydrogen) atoms. The second-order valence-corrected chi connectivity index (χ2v) is 6.44. The molecule has 0 amide bonds. The van der Waals surface area contributed by atoms with E-state index in [4.69, 9.17) is 11.6 Å². The van der Waals surface area contributed by atoms with E-state index < -0.39 is 0 Å². The molecule has 1 saturated heterocycles. The Hall–Kier alpha value is -0.570. The molecule has 0 aromatic heterocycles. The molecule has 0 bridgehead atoms. The van der Waals surface area contributed by atoms with Crippen molar-refractivity contribution in [3.05, 3.63) is 34.9 Å². The van der Waals surface area contributed by atoms with Gasteiger partial charge in [-0.3, -0.25) is 4.90 Å². The molecule has 1 fully saturated rings. The van der Waals surface area contributed by atoms with Gasteiger partial charge in [-0.05, 0) is 49.5 Å². The summed E-state index contributed by atoms with van der Waals surface area (Å²) in [4.78, 5) is 2.52. The van der Waals surface area contributed by atoms with E-state index in [2.05, 4.69) is 36.2 Å². The SMILES string of the molecule is CC(C)CNCC1CCN(Cc2ccccc2Cl)C1. The van der Waals surface area contributed by atoms with E-state index in [1.807, 2.05) is 12.1 Å². The van der Waals surface area contributed by atoms with Crippen molar-refractivity contribution in [3.63, 3.8) is 0 Å². The zero-order valence-electron chi connectivity index (χ0n) is 12.0. The lowest BCUT2D eigenvalue weighted by atomic mass is 10.1. The molecule has 1 atom stereocenters. The number of hydrogen-bond acceptors (Lipinski definition) is 2. The minimum atomic E-state index is 0.737. The molecule has 0 aliphatic carbocycles. The summed E-state index contributed by atoms with van der Waals surface area (Å²) in [5.74, 6) is 1.53. The molecular weight excluding hydrogens is 256 g/mol. The summed E-state index contributed by atoms with van der Waals surface area (Å²) in [5, 5.41) is 4.46.